The number of likely N-dealkylation sites (tertiary alicyclic amines) is 1. The zero-order valence-corrected chi connectivity index (χ0v) is 14.2. The van der Waals surface area contributed by atoms with Crippen LogP contribution in [0.2, 0.25) is 0 Å². The monoisotopic (exact) mass is 344 g/mol. The summed E-state index contributed by atoms with van der Waals surface area (Å²) < 4.78 is 26.6. The van der Waals surface area contributed by atoms with Crippen LogP contribution in [0.15, 0.2) is 36.7 Å². The normalized spacial score (nSPS) is 24.2. The maximum absolute atomic E-state index is 13.5. The van der Waals surface area contributed by atoms with Crippen molar-refractivity contribution in [1.82, 2.24) is 14.9 Å². The molecule has 0 N–H and O–H groups in total. The first-order valence-corrected chi connectivity index (χ1v) is 8.82. The molecule has 0 amide bonds. The molecule has 1 aromatic heterocycles. The number of hydrogen-bond donors (Lipinski definition) is 0. The highest BCUT2D eigenvalue weighted by atomic mass is 19.2. The zero-order chi connectivity index (χ0) is 17.3. The van der Waals surface area contributed by atoms with E-state index in [1.807, 2.05) is 6.07 Å². The van der Waals surface area contributed by atoms with Crippen molar-refractivity contribution in [3.63, 3.8) is 0 Å². The van der Waals surface area contributed by atoms with Crippen molar-refractivity contribution in [2.24, 2.45) is 5.41 Å². The van der Waals surface area contributed by atoms with E-state index in [-0.39, 0.29) is 5.41 Å². The van der Waals surface area contributed by atoms with Gasteiger partial charge in [-0.3, -0.25) is 4.90 Å². The molecule has 2 aromatic rings. The maximum atomic E-state index is 13.5. The minimum absolute atomic E-state index is 0.246. The summed E-state index contributed by atoms with van der Waals surface area (Å²) in [7, 11) is 0. The van der Waals surface area contributed by atoms with Crippen molar-refractivity contribution in [3.05, 3.63) is 53.9 Å². The third kappa shape index (κ3) is 3.49. The van der Waals surface area contributed by atoms with Gasteiger partial charge >= 0.3 is 0 Å². The van der Waals surface area contributed by atoms with Crippen LogP contribution in [0.4, 0.5) is 14.7 Å². The molecule has 6 heteroatoms. The lowest BCUT2D eigenvalue weighted by molar-refractivity contribution is 0.0990. The quantitative estimate of drug-likeness (QED) is 0.856. The van der Waals surface area contributed by atoms with E-state index in [1.54, 1.807) is 18.5 Å². The van der Waals surface area contributed by atoms with Crippen LogP contribution >= 0.6 is 0 Å². The summed E-state index contributed by atoms with van der Waals surface area (Å²) in [5.41, 5.74) is 1.08. The summed E-state index contributed by atoms with van der Waals surface area (Å²) in [6.07, 6.45) is 7.02. The molecule has 2 fully saturated rings. The molecule has 2 aliphatic heterocycles. The van der Waals surface area contributed by atoms with Gasteiger partial charge in [-0.25, -0.2) is 18.7 Å². The molecule has 0 saturated carbocycles. The van der Waals surface area contributed by atoms with Gasteiger partial charge in [0.05, 0.1) is 0 Å². The number of benzene rings is 1. The maximum Gasteiger partial charge on any atom is 0.225 e. The fourth-order valence-corrected chi connectivity index (χ4v) is 4.23. The molecular formula is C19H22F2N4. The van der Waals surface area contributed by atoms with Crippen LogP contribution < -0.4 is 4.90 Å². The second-order valence-electron chi connectivity index (χ2n) is 7.28. The van der Waals surface area contributed by atoms with Gasteiger partial charge in [-0.15, -0.1) is 0 Å². The first kappa shape index (κ1) is 16.4. The number of aromatic nitrogens is 2. The average Bonchev–Trinajstić information content (AvgIpc) is 3.02. The highest BCUT2D eigenvalue weighted by molar-refractivity contribution is 5.32. The van der Waals surface area contributed by atoms with Gasteiger partial charge < -0.3 is 4.90 Å². The lowest BCUT2D eigenvalue weighted by Crippen LogP contribution is -2.44. The minimum atomic E-state index is -0.784. The van der Waals surface area contributed by atoms with Crippen molar-refractivity contribution in [1.29, 1.82) is 0 Å². The Morgan fingerprint density at radius 2 is 1.84 bits per heavy atom. The minimum Gasteiger partial charge on any atom is -0.340 e. The van der Waals surface area contributed by atoms with Crippen LogP contribution in [0.5, 0.6) is 0 Å². The van der Waals surface area contributed by atoms with Gasteiger partial charge in [-0.1, -0.05) is 6.07 Å². The van der Waals surface area contributed by atoms with Gasteiger partial charge in [-0.2, -0.15) is 0 Å². The summed E-state index contributed by atoms with van der Waals surface area (Å²) in [6, 6.07) is 6.04. The molecule has 1 spiro atoms. The van der Waals surface area contributed by atoms with Gasteiger partial charge in [0, 0.05) is 44.0 Å². The lowest BCUT2D eigenvalue weighted by atomic mass is 9.79. The molecule has 4 rings (SSSR count). The third-order valence-corrected chi connectivity index (χ3v) is 5.40. The Morgan fingerprint density at radius 1 is 1.00 bits per heavy atom. The zero-order valence-electron chi connectivity index (χ0n) is 14.2. The van der Waals surface area contributed by atoms with Crippen LogP contribution in [0.3, 0.4) is 0 Å². The van der Waals surface area contributed by atoms with Gasteiger partial charge in [0.2, 0.25) is 5.95 Å². The molecule has 2 saturated heterocycles. The summed E-state index contributed by atoms with van der Waals surface area (Å²) >= 11 is 0. The Kier molecular flexibility index (Phi) is 4.37. The molecule has 25 heavy (non-hydrogen) atoms. The molecular weight excluding hydrogens is 322 g/mol. The van der Waals surface area contributed by atoms with Crippen molar-refractivity contribution in [2.45, 2.75) is 25.8 Å². The Morgan fingerprint density at radius 3 is 2.64 bits per heavy atom. The summed E-state index contributed by atoms with van der Waals surface area (Å²) in [5.74, 6) is -0.747. The van der Waals surface area contributed by atoms with Crippen molar-refractivity contribution in [2.75, 3.05) is 31.1 Å². The number of hydrogen-bond acceptors (Lipinski definition) is 4. The largest absolute Gasteiger partial charge is 0.340 e. The Balaban J connectivity index is 1.43. The molecule has 1 atom stereocenters. The number of anilines is 1. The van der Waals surface area contributed by atoms with Crippen molar-refractivity contribution >= 4 is 5.95 Å². The molecule has 0 unspecified atom stereocenters. The van der Waals surface area contributed by atoms with Crippen LogP contribution in [0.25, 0.3) is 0 Å². The van der Waals surface area contributed by atoms with Gasteiger partial charge in [0.15, 0.2) is 11.6 Å². The summed E-state index contributed by atoms with van der Waals surface area (Å²) in [6.45, 7) is 4.59. The molecule has 132 valence electrons. The molecule has 0 aliphatic carbocycles. The van der Waals surface area contributed by atoms with E-state index < -0.39 is 11.6 Å². The van der Waals surface area contributed by atoms with E-state index in [0.717, 1.165) is 50.5 Å². The summed E-state index contributed by atoms with van der Waals surface area (Å²) in [4.78, 5) is 13.4. The highest BCUT2D eigenvalue weighted by Crippen LogP contribution is 2.40. The van der Waals surface area contributed by atoms with Gasteiger partial charge in [0.25, 0.3) is 0 Å². The molecule has 0 bridgehead atoms. The second kappa shape index (κ2) is 6.67. The van der Waals surface area contributed by atoms with Crippen LogP contribution in [-0.2, 0) is 6.54 Å². The van der Waals surface area contributed by atoms with E-state index in [9.17, 15) is 8.78 Å². The number of halogens is 2. The number of rotatable bonds is 3. The first-order chi connectivity index (χ1) is 12.1. The van der Waals surface area contributed by atoms with E-state index in [0.29, 0.717) is 6.54 Å². The number of piperidine rings is 1. The van der Waals surface area contributed by atoms with E-state index in [4.69, 9.17) is 0 Å². The molecule has 0 radical (unpaired) electrons. The first-order valence-electron chi connectivity index (χ1n) is 8.82. The van der Waals surface area contributed by atoms with Gasteiger partial charge in [-0.05, 0) is 49.6 Å². The smallest absolute Gasteiger partial charge is 0.225 e. The SMILES string of the molecule is Fc1ccc(CN2CCC[C@@]3(CCN(c4ncccn4)C3)C2)cc1F. The number of nitrogens with zero attached hydrogens (tertiary/aromatic N) is 4. The van der Waals surface area contributed by atoms with Crippen LogP contribution in [-0.4, -0.2) is 41.0 Å². The Bertz CT molecular complexity index is 739. The Labute approximate surface area is 146 Å². The topological polar surface area (TPSA) is 32.3 Å². The van der Waals surface area contributed by atoms with E-state index in [1.165, 1.54) is 18.6 Å². The standard InChI is InChI=1S/C19H22F2N4/c20-16-4-3-15(11-17(16)21)12-24-9-1-5-19(13-24)6-10-25(14-19)18-22-7-2-8-23-18/h2-4,7-8,11H,1,5-6,9-10,12-14H2/t19-/m1/s1. The second-order valence-corrected chi connectivity index (χ2v) is 7.28. The fourth-order valence-electron chi connectivity index (χ4n) is 4.23. The fraction of sp³-hybridized carbons (Fsp3) is 0.474. The van der Waals surface area contributed by atoms with Crippen LogP contribution in [0.1, 0.15) is 24.8 Å². The van der Waals surface area contributed by atoms with Crippen molar-refractivity contribution in [3.8, 4) is 0 Å². The van der Waals surface area contributed by atoms with E-state index >= 15 is 0 Å². The van der Waals surface area contributed by atoms with Crippen LogP contribution in [0, 0.1) is 17.0 Å². The third-order valence-electron chi connectivity index (χ3n) is 5.40. The summed E-state index contributed by atoms with van der Waals surface area (Å²) in [5, 5.41) is 0. The highest BCUT2D eigenvalue weighted by Gasteiger charge is 2.41. The molecule has 2 aliphatic rings. The lowest BCUT2D eigenvalue weighted by Gasteiger charge is -2.40. The van der Waals surface area contributed by atoms with E-state index in [2.05, 4.69) is 19.8 Å². The molecule has 3 heterocycles. The van der Waals surface area contributed by atoms with Gasteiger partial charge in [0.1, 0.15) is 0 Å². The molecule has 4 nitrogen and oxygen atoms in total. The average molecular weight is 344 g/mol. The molecule has 1 aromatic carbocycles. The van der Waals surface area contributed by atoms with Crippen molar-refractivity contribution < 1.29 is 8.78 Å². The predicted molar refractivity (Wildman–Crippen MR) is 92.2 cm³/mol. The predicted octanol–water partition coefficient (Wildman–Crippen LogP) is 3.25. The Hall–Kier alpha value is -2.08.